The van der Waals surface area contributed by atoms with E-state index in [9.17, 15) is 0 Å². The Hall–Kier alpha value is -1.31. The molecule has 70 valence electrons. The van der Waals surface area contributed by atoms with E-state index in [1.54, 1.807) is 13.4 Å². The van der Waals surface area contributed by atoms with E-state index in [0.717, 1.165) is 6.42 Å². The number of para-hydroxylation sites is 1. The van der Waals surface area contributed by atoms with Gasteiger partial charge >= 0.3 is 0 Å². The molecular formula is C11H16N2. The normalized spacial score (nSPS) is 10.7. The van der Waals surface area contributed by atoms with E-state index >= 15 is 0 Å². The summed E-state index contributed by atoms with van der Waals surface area (Å²) in [7, 11) is 1.76. The molecule has 0 heterocycles. The summed E-state index contributed by atoms with van der Waals surface area (Å²) in [6, 6.07) is 6.33. The Labute approximate surface area is 79.7 Å². The number of aliphatic imine (C=N–C) groups is 1. The molecule has 1 aromatic rings. The Kier molecular flexibility index (Phi) is 3.50. The minimum Gasteiger partial charge on any atom is -0.346 e. The number of aryl methyl sites for hydroxylation is 2. The summed E-state index contributed by atoms with van der Waals surface area (Å²) in [6.45, 7) is 4.26. The zero-order valence-electron chi connectivity index (χ0n) is 8.46. The van der Waals surface area contributed by atoms with Crippen molar-refractivity contribution in [1.29, 1.82) is 0 Å². The maximum atomic E-state index is 3.91. The smallest absolute Gasteiger partial charge is 0.0864 e. The largest absolute Gasteiger partial charge is 0.346 e. The fraction of sp³-hybridized carbons (Fsp3) is 0.364. The number of hydrogen-bond donors (Lipinski definition) is 1. The van der Waals surface area contributed by atoms with Crippen LogP contribution in [-0.2, 0) is 6.42 Å². The van der Waals surface area contributed by atoms with Crippen LogP contribution < -0.4 is 5.32 Å². The minimum absolute atomic E-state index is 1.04. The molecule has 0 unspecified atom stereocenters. The van der Waals surface area contributed by atoms with Crippen molar-refractivity contribution < 1.29 is 0 Å². The summed E-state index contributed by atoms with van der Waals surface area (Å²) in [5, 5.41) is 3.19. The van der Waals surface area contributed by atoms with Crippen molar-refractivity contribution in [2.24, 2.45) is 4.99 Å². The van der Waals surface area contributed by atoms with Crippen molar-refractivity contribution in [3.05, 3.63) is 29.3 Å². The van der Waals surface area contributed by atoms with Crippen molar-refractivity contribution in [3.8, 4) is 0 Å². The highest BCUT2D eigenvalue weighted by Gasteiger charge is 2.00. The zero-order chi connectivity index (χ0) is 9.68. The molecule has 1 N–H and O–H groups in total. The van der Waals surface area contributed by atoms with Crippen molar-refractivity contribution >= 4 is 12.0 Å². The molecule has 13 heavy (non-hydrogen) atoms. The first-order valence-electron chi connectivity index (χ1n) is 4.55. The Bertz CT molecular complexity index is 303. The molecular weight excluding hydrogens is 160 g/mol. The maximum Gasteiger partial charge on any atom is 0.0864 e. The van der Waals surface area contributed by atoms with Gasteiger partial charge in [-0.3, -0.25) is 4.99 Å². The number of hydrogen-bond acceptors (Lipinski definition) is 1. The van der Waals surface area contributed by atoms with Crippen molar-refractivity contribution in [2.45, 2.75) is 20.3 Å². The third-order valence-electron chi connectivity index (χ3n) is 2.08. The molecule has 2 heteroatoms. The first kappa shape index (κ1) is 9.78. The first-order valence-corrected chi connectivity index (χ1v) is 4.55. The third kappa shape index (κ3) is 2.31. The van der Waals surface area contributed by atoms with Gasteiger partial charge in [-0.25, -0.2) is 0 Å². The third-order valence-corrected chi connectivity index (χ3v) is 2.08. The highest BCUT2D eigenvalue weighted by Crippen LogP contribution is 2.19. The summed E-state index contributed by atoms with van der Waals surface area (Å²) in [5.74, 6) is 0. The van der Waals surface area contributed by atoms with Gasteiger partial charge in [-0.2, -0.15) is 0 Å². The Balaban J connectivity index is 3.00. The molecule has 0 fully saturated rings. The van der Waals surface area contributed by atoms with Gasteiger partial charge in [0.05, 0.1) is 6.34 Å². The first-order chi connectivity index (χ1) is 6.29. The maximum absolute atomic E-state index is 3.91. The molecule has 0 amide bonds. The van der Waals surface area contributed by atoms with Crippen molar-refractivity contribution in [2.75, 3.05) is 12.4 Å². The predicted molar refractivity (Wildman–Crippen MR) is 58.6 cm³/mol. The van der Waals surface area contributed by atoms with Gasteiger partial charge in [0.25, 0.3) is 0 Å². The van der Waals surface area contributed by atoms with E-state index in [1.165, 1.54) is 16.8 Å². The lowest BCUT2D eigenvalue weighted by Gasteiger charge is -2.09. The Morgan fingerprint density at radius 2 is 2.23 bits per heavy atom. The van der Waals surface area contributed by atoms with Gasteiger partial charge < -0.3 is 5.32 Å². The van der Waals surface area contributed by atoms with Crippen LogP contribution in [0.5, 0.6) is 0 Å². The quantitative estimate of drug-likeness (QED) is 0.555. The molecule has 0 aromatic heterocycles. The van der Waals surface area contributed by atoms with E-state index in [0.29, 0.717) is 0 Å². The number of benzene rings is 1. The zero-order valence-corrected chi connectivity index (χ0v) is 8.46. The van der Waals surface area contributed by atoms with E-state index in [-0.39, 0.29) is 0 Å². The van der Waals surface area contributed by atoms with Crippen LogP contribution in [0, 0.1) is 6.92 Å². The average Bonchev–Trinajstić information content (AvgIpc) is 2.15. The fourth-order valence-corrected chi connectivity index (χ4v) is 1.36. The molecule has 0 aliphatic rings. The molecule has 2 nitrogen and oxygen atoms in total. The second-order valence-electron chi connectivity index (χ2n) is 2.99. The SMILES string of the molecule is CCc1cccc(C)c1NC=NC. The van der Waals surface area contributed by atoms with Crippen LogP contribution in [0.1, 0.15) is 18.1 Å². The molecule has 1 rings (SSSR count). The van der Waals surface area contributed by atoms with E-state index in [4.69, 9.17) is 0 Å². The van der Waals surface area contributed by atoms with Crippen LogP contribution in [0.2, 0.25) is 0 Å². The Morgan fingerprint density at radius 1 is 1.46 bits per heavy atom. The monoisotopic (exact) mass is 176 g/mol. The summed E-state index contributed by atoms with van der Waals surface area (Å²) in [5.41, 5.74) is 3.79. The van der Waals surface area contributed by atoms with Gasteiger partial charge in [-0.1, -0.05) is 25.1 Å². The van der Waals surface area contributed by atoms with Gasteiger partial charge in [0, 0.05) is 12.7 Å². The van der Waals surface area contributed by atoms with Crippen LogP contribution in [-0.4, -0.2) is 13.4 Å². The lowest BCUT2D eigenvalue weighted by molar-refractivity contribution is 1.13. The van der Waals surface area contributed by atoms with Gasteiger partial charge in [-0.15, -0.1) is 0 Å². The Morgan fingerprint density at radius 3 is 2.85 bits per heavy atom. The molecule has 0 atom stereocenters. The van der Waals surface area contributed by atoms with E-state index in [1.807, 2.05) is 0 Å². The van der Waals surface area contributed by atoms with E-state index < -0.39 is 0 Å². The van der Waals surface area contributed by atoms with Crippen molar-refractivity contribution in [3.63, 3.8) is 0 Å². The molecule has 0 aliphatic carbocycles. The van der Waals surface area contributed by atoms with Crippen molar-refractivity contribution in [1.82, 2.24) is 0 Å². The molecule has 0 radical (unpaired) electrons. The van der Waals surface area contributed by atoms with E-state index in [2.05, 4.69) is 42.4 Å². The van der Waals surface area contributed by atoms with Crippen LogP contribution in [0.4, 0.5) is 5.69 Å². The van der Waals surface area contributed by atoms with Gasteiger partial charge in [0.1, 0.15) is 0 Å². The van der Waals surface area contributed by atoms with Gasteiger partial charge in [0.15, 0.2) is 0 Å². The van der Waals surface area contributed by atoms with Crippen LogP contribution >= 0.6 is 0 Å². The molecule has 0 spiro atoms. The predicted octanol–water partition coefficient (Wildman–Crippen LogP) is 2.63. The molecule has 0 aliphatic heterocycles. The summed E-state index contributed by atoms with van der Waals surface area (Å²) >= 11 is 0. The fourth-order valence-electron chi connectivity index (χ4n) is 1.36. The summed E-state index contributed by atoms with van der Waals surface area (Å²) < 4.78 is 0. The van der Waals surface area contributed by atoms with Gasteiger partial charge in [0.2, 0.25) is 0 Å². The van der Waals surface area contributed by atoms with Crippen LogP contribution in [0.15, 0.2) is 23.2 Å². The topological polar surface area (TPSA) is 24.4 Å². The lowest BCUT2D eigenvalue weighted by Crippen LogP contribution is -2.00. The number of anilines is 1. The standard InChI is InChI=1S/C11H16N2/c1-4-10-7-5-6-9(2)11(10)13-8-12-3/h5-8H,4H2,1-3H3,(H,12,13). The highest BCUT2D eigenvalue weighted by molar-refractivity contribution is 5.78. The molecule has 1 aromatic carbocycles. The second-order valence-corrected chi connectivity index (χ2v) is 2.99. The summed E-state index contributed by atoms with van der Waals surface area (Å²) in [6.07, 6.45) is 2.77. The lowest BCUT2D eigenvalue weighted by atomic mass is 10.1. The highest BCUT2D eigenvalue weighted by atomic mass is 14.9. The molecule has 0 bridgehead atoms. The number of nitrogens with one attached hydrogen (secondary N) is 1. The molecule has 0 saturated heterocycles. The number of rotatable bonds is 3. The minimum atomic E-state index is 1.04. The summed E-state index contributed by atoms with van der Waals surface area (Å²) in [4.78, 5) is 3.91. The molecule has 0 saturated carbocycles. The average molecular weight is 176 g/mol. The number of nitrogens with zero attached hydrogens (tertiary/aromatic N) is 1. The van der Waals surface area contributed by atoms with Crippen LogP contribution in [0.25, 0.3) is 0 Å². The van der Waals surface area contributed by atoms with Gasteiger partial charge in [-0.05, 0) is 24.5 Å². The van der Waals surface area contributed by atoms with Crippen LogP contribution in [0.3, 0.4) is 0 Å². The second kappa shape index (κ2) is 4.65.